The minimum atomic E-state index is -4.63. The first-order valence-corrected chi connectivity index (χ1v) is 16.9. The summed E-state index contributed by atoms with van der Waals surface area (Å²) in [5, 5.41) is 11.6. The molecule has 2 fully saturated rings. The van der Waals surface area contributed by atoms with Crippen molar-refractivity contribution in [3.63, 3.8) is 0 Å². The molecule has 1 N–H and O–H groups in total. The van der Waals surface area contributed by atoms with Crippen LogP contribution in [0.3, 0.4) is 0 Å². The Hall–Kier alpha value is -3.25. The van der Waals surface area contributed by atoms with Gasteiger partial charge in [-0.3, -0.25) is 4.98 Å². The SMILES string of the molecule is C=C(/C=C\C(=C/C)C(F)(F)F)C(F)c1c(C2CCN(c3ncc(COC)cn3)CC2)nc2c(c1C1CCC(F)(F)CC1)C(O)CC(C)(C)C2. The maximum absolute atomic E-state index is 17.1. The molecule has 1 saturated heterocycles. The third-order valence-corrected chi connectivity index (χ3v) is 10.1. The van der Waals surface area contributed by atoms with Gasteiger partial charge in [0.25, 0.3) is 0 Å². The van der Waals surface area contributed by atoms with Crippen LogP contribution in [0.4, 0.5) is 32.3 Å². The number of aliphatic hydroxyl groups is 1. The quantitative estimate of drug-likeness (QED) is 0.209. The van der Waals surface area contributed by atoms with Crippen LogP contribution in [0.15, 0.2) is 48.3 Å². The van der Waals surface area contributed by atoms with Crippen molar-refractivity contribution in [1.29, 1.82) is 0 Å². The number of anilines is 1. The molecule has 2 atom stereocenters. The average molecular weight is 693 g/mol. The second kappa shape index (κ2) is 14.5. The lowest BCUT2D eigenvalue weighted by molar-refractivity contribution is -0.0883. The van der Waals surface area contributed by atoms with Gasteiger partial charge in [0.05, 0.1) is 24.0 Å². The molecular weight excluding hydrogens is 646 g/mol. The van der Waals surface area contributed by atoms with Crippen LogP contribution >= 0.6 is 0 Å². The number of hydrogen-bond donors (Lipinski definition) is 1. The van der Waals surface area contributed by atoms with Crippen LogP contribution in [-0.4, -0.2) is 52.4 Å². The van der Waals surface area contributed by atoms with Crippen molar-refractivity contribution in [1.82, 2.24) is 15.0 Å². The van der Waals surface area contributed by atoms with Crippen LogP contribution in [0.25, 0.3) is 0 Å². The zero-order valence-electron chi connectivity index (χ0n) is 28.6. The standard InChI is InChI=1S/C37H46F6N4O2/c1-6-26(37(41,42)43)8-7-22(2)32(38)31-29(24-9-13-36(39,40)14-10-24)30-27(17-35(3,4)18-28(30)48)46-33(31)25-11-15-47(16-12-25)34-44-19-23(20-45-34)21-49-5/h6-8,19-20,24-25,28,32,48H,2,9-18,21H2,1,3-5H3/b8-7-,26-6+. The van der Waals surface area contributed by atoms with E-state index in [4.69, 9.17) is 9.72 Å². The predicted molar refractivity (Wildman–Crippen MR) is 176 cm³/mol. The zero-order chi connectivity index (χ0) is 35.7. The van der Waals surface area contributed by atoms with Crippen molar-refractivity contribution in [2.75, 3.05) is 25.1 Å². The maximum Gasteiger partial charge on any atom is 0.416 e. The molecule has 0 radical (unpaired) electrons. The normalized spacial score (nSPS) is 22.7. The number of pyridine rings is 1. The highest BCUT2D eigenvalue weighted by Crippen LogP contribution is 2.52. The molecule has 3 heterocycles. The van der Waals surface area contributed by atoms with E-state index in [-0.39, 0.29) is 48.2 Å². The molecule has 6 nitrogen and oxygen atoms in total. The molecule has 2 aromatic rings. The van der Waals surface area contributed by atoms with Crippen molar-refractivity contribution in [3.8, 4) is 0 Å². The number of alkyl halides is 6. The fourth-order valence-corrected chi connectivity index (χ4v) is 7.63. The lowest BCUT2D eigenvalue weighted by Gasteiger charge is -2.41. The van der Waals surface area contributed by atoms with E-state index in [1.54, 1.807) is 19.5 Å². The van der Waals surface area contributed by atoms with Gasteiger partial charge >= 0.3 is 6.18 Å². The van der Waals surface area contributed by atoms with Gasteiger partial charge in [-0.1, -0.05) is 32.6 Å². The maximum atomic E-state index is 17.1. The van der Waals surface area contributed by atoms with E-state index in [9.17, 15) is 27.1 Å². The van der Waals surface area contributed by atoms with E-state index >= 15 is 4.39 Å². The average Bonchev–Trinajstić information content (AvgIpc) is 3.03. The highest BCUT2D eigenvalue weighted by atomic mass is 19.4. The third kappa shape index (κ3) is 8.39. The summed E-state index contributed by atoms with van der Waals surface area (Å²) >= 11 is 0. The third-order valence-electron chi connectivity index (χ3n) is 10.1. The molecule has 49 heavy (non-hydrogen) atoms. The molecule has 0 amide bonds. The van der Waals surface area contributed by atoms with Gasteiger partial charge in [0, 0.05) is 73.7 Å². The summed E-state index contributed by atoms with van der Waals surface area (Å²) in [7, 11) is 1.59. The van der Waals surface area contributed by atoms with Gasteiger partial charge in [-0.15, -0.1) is 0 Å². The van der Waals surface area contributed by atoms with Crippen molar-refractivity contribution >= 4 is 5.95 Å². The van der Waals surface area contributed by atoms with Gasteiger partial charge in [0.1, 0.15) is 0 Å². The summed E-state index contributed by atoms with van der Waals surface area (Å²) in [5.74, 6) is -3.01. The molecule has 5 rings (SSSR count). The highest BCUT2D eigenvalue weighted by molar-refractivity contribution is 5.51. The highest BCUT2D eigenvalue weighted by Gasteiger charge is 2.43. The fourth-order valence-electron chi connectivity index (χ4n) is 7.63. The first-order chi connectivity index (χ1) is 23.0. The van der Waals surface area contributed by atoms with Crippen molar-refractivity contribution in [2.45, 2.75) is 115 Å². The second-order valence-electron chi connectivity index (χ2n) is 14.5. The number of nitrogens with zero attached hydrogens (tertiary/aromatic N) is 4. The Balaban J connectivity index is 1.59. The summed E-state index contributed by atoms with van der Waals surface area (Å²) in [6.45, 7) is 10.6. The smallest absolute Gasteiger partial charge is 0.388 e. The van der Waals surface area contributed by atoms with Gasteiger partial charge in [0.2, 0.25) is 11.9 Å². The molecule has 1 saturated carbocycles. The first kappa shape index (κ1) is 37.0. The number of allylic oxidation sites excluding steroid dienone is 5. The Morgan fingerprint density at radius 1 is 1.06 bits per heavy atom. The summed E-state index contributed by atoms with van der Waals surface area (Å²) in [6, 6.07) is 0. The largest absolute Gasteiger partial charge is 0.416 e. The van der Waals surface area contributed by atoms with E-state index in [2.05, 4.69) is 16.5 Å². The number of ether oxygens (including phenoxy) is 1. The molecule has 1 aliphatic heterocycles. The zero-order valence-corrected chi connectivity index (χ0v) is 28.6. The van der Waals surface area contributed by atoms with Crippen LogP contribution in [0.1, 0.15) is 123 Å². The topological polar surface area (TPSA) is 71.4 Å². The Morgan fingerprint density at radius 3 is 2.27 bits per heavy atom. The number of piperidine rings is 1. The minimum Gasteiger partial charge on any atom is -0.388 e. The van der Waals surface area contributed by atoms with Crippen LogP contribution in [-0.2, 0) is 17.8 Å². The molecule has 2 aromatic heterocycles. The lowest BCUT2D eigenvalue weighted by atomic mass is 9.68. The van der Waals surface area contributed by atoms with E-state index in [0.717, 1.165) is 23.8 Å². The van der Waals surface area contributed by atoms with Crippen LogP contribution in [0.5, 0.6) is 0 Å². The molecule has 2 unspecified atom stereocenters. The minimum absolute atomic E-state index is 0.0900. The van der Waals surface area contributed by atoms with Crippen molar-refractivity contribution in [3.05, 3.63) is 82.0 Å². The summed E-state index contributed by atoms with van der Waals surface area (Å²) < 4.78 is 91.6. The van der Waals surface area contributed by atoms with E-state index in [1.807, 2.05) is 18.7 Å². The number of fused-ring (bicyclic) bond motifs is 1. The number of rotatable bonds is 9. The Morgan fingerprint density at radius 2 is 1.69 bits per heavy atom. The van der Waals surface area contributed by atoms with Gasteiger partial charge < -0.3 is 14.7 Å². The fraction of sp³-hybridized carbons (Fsp3) is 0.595. The van der Waals surface area contributed by atoms with Gasteiger partial charge in [-0.05, 0) is 74.0 Å². The Kier molecular flexibility index (Phi) is 11.0. The molecule has 0 aromatic carbocycles. The van der Waals surface area contributed by atoms with E-state index in [0.29, 0.717) is 73.8 Å². The summed E-state index contributed by atoms with van der Waals surface area (Å²) in [6.07, 6.45) is -0.00965. The Labute approximate surface area is 284 Å². The molecular formula is C37H46F6N4O2. The number of aromatic nitrogens is 3. The number of hydrogen-bond acceptors (Lipinski definition) is 6. The van der Waals surface area contributed by atoms with Gasteiger partial charge in [-0.25, -0.2) is 23.1 Å². The van der Waals surface area contributed by atoms with E-state index < -0.39 is 35.9 Å². The summed E-state index contributed by atoms with van der Waals surface area (Å²) in [5.41, 5.74) is 1.61. The van der Waals surface area contributed by atoms with Crippen LogP contribution in [0.2, 0.25) is 0 Å². The number of halogens is 6. The van der Waals surface area contributed by atoms with Gasteiger partial charge in [0.15, 0.2) is 6.17 Å². The molecule has 0 spiro atoms. The number of aliphatic hydroxyl groups excluding tert-OH is 1. The van der Waals surface area contributed by atoms with Crippen LogP contribution < -0.4 is 4.90 Å². The van der Waals surface area contributed by atoms with E-state index in [1.165, 1.54) is 6.92 Å². The molecule has 3 aliphatic rings. The molecule has 2 aliphatic carbocycles. The van der Waals surface area contributed by atoms with Gasteiger partial charge in [-0.2, -0.15) is 13.2 Å². The van der Waals surface area contributed by atoms with Crippen molar-refractivity contribution in [2.24, 2.45) is 5.41 Å². The molecule has 268 valence electrons. The summed E-state index contributed by atoms with van der Waals surface area (Å²) in [4.78, 5) is 16.1. The van der Waals surface area contributed by atoms with Crippen LogP contribution in [0, 0.1) is 5.41 Å². The molecule has 0 bridgehead atoms. The first-order valence-electron chi connectivity index (χ1n) is 16.9. The lowest BCUT2D eigenvalue weighted by Crippen LogP contribution is -2.36. The second-order valence-corrected chi connectivity index (χ2v) is 14.5. The Bertz CT molecular complexity index is 1550. The monoisotopic (exact) mass is 692 g/mol. The molecule has 12 heteroatoms. The van der Waals surface area contributed by atoms with Crippen molar-refractivity contribution < 1.29 is 36.2 Å². The number of methoxy groups -OCH3 is 1. The predicted octanol–water partition coefficient (Wildman–Crippen LogP) is 9.33.